The molecular weight excluding hydrogens is 358 g/mol. The van der Waals surface area contributed by atoms with Gasteiger partial charge < -0.3 is 5.32 Å². The number of thiazole rings is 1. The second-order valence-corrected chi connectivity index (χ2v) is 7.19. The van der Waals surface area contributed by atoms with Crippen LogP contribution in [0.5, 0.6) is 0 Å². The third-order valence-electron chi connectivity index (χ3n) is 4.39. The second kappa shape index (κ2) is 6.81. The van der Waals surface area contributed by atoms with Crippen molar-refractivity contribution in [3.05, 3.63) is 87.2 Å². The Balaban J connectivity index is 1.77. The van der Waals surface area contributed by atoms with Gasteiger partial charge in [0.2, 0.25) is 0 Å². The first-order chi connectivity index (χ1) is 13.0. The lowest BCUT2D eigenvalue weighted by Gasteiger charge is -2.09. The zero-order valence-electron chi connectivity index (χ0n) is 14.9. The lowest BCUT2D eigenvalue weighted by atomic mass is 10.1. The summed E-state index contributed by atoms with van der Waals surface area (Å²) in [4.78, 5) is 30.6. The summed E-state index contributed by atoms with van der Waals surface area (Å²) in [7, 11) is 0. The van der Waals surface area contributed by atoms with Gasteiger partial charge in [-0.15, -0.1) is 11.3 Å². The van der Waals surface area contributed by atoms with Crippen molar-refractivity contribution < 1.29 is 4.79 Å². The van der Waals surface area contributed by atoms with Crippen LogP contribution < -0.4 is 10.9 Å². The van der Waals surface area contributed by atoms with Crippen molar-refractivity contribution in [1.82, 2.24) is 9.38 Å². The number of nitrogens with zero attached hydrogens (tertiary/aromatic N) is 2. The summed E-state index contributed by atoms with van der Waals surface area (Å²) in [6.45, 7) is 3.91. The number of benzene rings is 2. The molecule has 0 saturated heterocycles. The molecule has 0 aliphatic heterocycles. The quantitative estimate of drug-likeness (QED) is 0.581. The molecule has 6 heteroatoms. The summed E-state index contributed by atoms with van der Waals surface area (Å²) < 4.78 is 1.50. The number of aromatic nitrogens is 2. The number of hydrogen-bond donors (Lipinski definition) is 1. The highest BCUT2D eigenvalue weighted by Crippen LogP contribution is 2.24. The summed E-state index contributed by atoms with van der Waals surface area (Å²) in [5.74, 6) is -0.459. The van der Waals surface area contributed by atoms with Crippen LogP contribution in [0.1, 0.15) is 21.5 Å². The minimum absolute atomic E-state index is 0.0167. The highest BCUT2D eigenvalue weighted by atomic mass is 32.1. The van der Waals surface area contributed by atoms with E-state index < -0.39 is 5.91 Å². The first-order valence-corrected chi connectivity index (χ1v) is 9.36. The van der Waals surface area contributed by atoms with E-state index in [4.69, 9.17) is 0 Å². The number of hydrogen-bond acceptors (Lipinski definition) is 4. The molecule has 5 nitrogen and oxygen atoms in total. The van der Waals surface area contributed by atoms with Crippen LogP contribution in [0.15, 0.2) is 64.9 Å². The number of nitrogens with one attached hydrogen (secondary N) is 1. The van der Waals surface area contributed by atoms with Crippen molar-refractivity contribution in [3.8, 4) is 11.3 Å². The summed E-state index contributed by atoms with van der Waals surface area (Å²) >= 11 is 1.37. The molecule has 0 atom stereocenters. The minimum Gasteiger partial charge on any atom is -0.322 e. The lowest BCUT2D eigenvalue weighted by molar-refractivity contribution is 0.102. The molecule has 2 aromatic heterocycles. The van der Waals surface area contributed by atoms with Gasteiger partial charge in [-0.05, 0) is 31.0 Å². The molecule has 4 rings (SSSR count). The highest BCUT2D eigenvalue weighted by Gasteiger charge is 2.17. The van der Waals surface area contributed by atoms with E-state index in [-0.39, 0.29) is 11.1 Å². The van der Waals surface area contributed by atoms with E-state index in [2.05, 4.69) is 10.3 Å². The predicted octanol–water partition coefficient (Wildman–Crippen LogP) is 4.29. The van der Waals surface area contributed by atoms with Crippen LogP contribution in [0.4, 0.5) is 5.69 Å². The monoisotopic (exact) mass is 375 g/mol. The van der Waals surface area contributed by atoms with Crippen molar-refractivity contribution in [2.45, 2.75) is 13.8 Å². The third-order valence-corrected chi connectivity index (χ3v) is 5.23. The highest BCUT2D eigenvalue weighted by molar-refractivity contribution is 7.15. The fraction of sp³-hybridized carbons (Fsp3) is 0.0952. The van der Waals surface area contributed by atoms with Gasteiger partial charge in [0.05, 0.1) is 5.69 Å². The normalized spacial score (nSPS) is 10.9. The SMILES string of the molecule is Cc1ccc(NC(=O)c2cnc3scc(-c4ccccc4)n3c2=O)c(C)c1. The third kappa shape index (κ3) is 3.15. The fourth-order valence-corrected chi connectivity index (χ4v) is 3.86. The van der Waals surface area contributed by atoms with Crippen LogP contribution in [-0.2, 0) is 0 Å². The van der Waals surface area contributed by atoms with Crippen LogP contribution in [0.25, 0.3) is 16.2 Å². The van der Waals surface area contributed by atoms with Gasteiger partial charge in [-0.3, -0.25) is 14.0 Å². The van der Waals surface area contributed by atoms with E-state index in [0.717, 1.165) is 22.4 Å². The molecule has 0 unspecified atom stereocenters. The van der Waals surface area contributed by atoms with E-state index in [9.17, 15) is 9.59 Å². The molecule has 0 saturated carbocycles. The number of anilines is 1. The smallest absolute Gasteiger partial charge is 0.271 e. The van der Waals surface area contributed by atoms with Crippen molar-refractivity contribution in [1.29, 1.82) is 0 Å². The molecule has 0 bridgehead atoms. The van der Waals surface area contributed by atoms with E-state index in [0.29, 0.717) is 10.6 Å². The Kier molecular flexibility index (Phi) is 4.33. The number of amides is 1. The molecule has 0 radical (unpaired) electrons. The molecule has 1 N–H and O–H groups in total. The van der Waals surface area contributed by atoms with Gasteiger partial charge in [0, 0.05) is 17.3 Å². The van der Waals surface area contributed by atoms with Crippen molar-refractivity contribution in [2.75, 3.05) is 5.32 Å². The lowest BCUT2D eigenvalue weighted by Crippen LogP contribution is -2.26. The molecule has 0 spiro atoms. The van der Waals surface area contributed by atoms with Gasteiger partial charge in [0.1, 0.15) is 5.56 Å². The Morgan fingerprint density at radius 3 is 2.63 bits per heavy atom. The predicted molar refractivity (Wildman–Crippen MR) is 109 cm³/mol. The molecule has 27 heavy (non-hydrogen) atoms. The van der Waals surface area contributed by atoms with E-state index in [1.165, 1.54) is 21.9 Å². The van der Waals surface area contributed by atoms with Crippen molar-refractivity contribution in [2.24, 2.45) is 0 Å². The zero-order valence-corrected chi connectivity index (χ0v) is 15.7. The van der Waals surface area contributed by atoms with Crippen LogP contribution in [0, 0.1) is 13.8 Å². The van der Waals surface area contributed by atoms with Gasteiger partial charge >= 0.3 is 0 Å². The Labute approximate surface area is 160 Å². The maximum absolute atomic E-state index is 13.0. The Bertz CT molecular complexity index is 1210. The number of carbonyl (C=O) groups excluding carboxylic acids is 1. The standard InChI is InChI=1S/C21H17N3O2S/c1-13-8-9-17(14(2)10-13)23-19(25)16-11-22-21-24(20(16)26)18(12-27-21)15-6-4-3-5-7-15/h3-12H,1-2H3,(H,23,25). The van der Waals surface area contributed by atoms with E-state index in [1.807, 2.05) is 67.8 Å². The molecule has 0 fully saturated rings. The Morgan fingerprint density at radius 1 is 1.11 bits per heavy atom. The topological polar surface area (TPSA) is 63.5 Å². The summed E-state index contributed by atoms with van der Waals surface area (Å²) in [5, 5.41) is 4.70. The van der Waals surface area contributed by atoms with Crippen LogP contribution in [0.3, 0.4) is 0 Å². The Hall–Kier alpha value is -3.25. The maximum Gasteiger partial charge on any atom is 0.271 e. The van der Waals surface area contributed by atoms with Gasteiger partial charge in [-0.1, -0.05) is 48.0 Å². The molecule has 0 aliphatic rings. The number of fused-ring (bicyclic) bond motifs is 1. The van der Waals surface area contributed by atoms with Gasteiger partial charge in [-0.2, -0.15) is 0 Å². The molecule has 2 heterocycles. The molecule has 134 valence electrons. The molecular formula is C21H17N3O2S. The zero-order chi connectivity index (χ0) is 19.0. The molecule has 2 aromatic carbocycles. The summed E-state index contributed by atoms with van der Waals surface area (Å²) in [5.41, 5.74) is 4.01. The van der Waals surface area contributed by atoms with Crippen LogP contribution in [0.2, 0.25) is 0 Å². The first kappa shape index (κ1) is 17.2. The Morgan fingerprint density at radius 2 is 1.89 bits per heavy atom. The van der Waals surface area contributed by atoms with Crippen LogP contribution in [-0.4, -0.2) is 15.3 Å². The molecule has 4 aromatic rings. The van der Waals surface area contributed by atoms with Crippen molar-refractivity contribution in [3.63, 3.8) is 0 Å². The number of carbonyl (C=O) groups is 1. The van der Waals surface area contributed by atoms with E-state index in [1.54, 1.807) is 0 Å². The fourth-order valence-electron chi connectivity index (χ4n) is 3.00. The average molecular weight is 375 g/mol. The molecule has 1 amide bonds. The largest absolute Gasteiger partial charge is 0.322 e. The maximum atomic E-state index is 13.0. The number of aryl methyl sites for hydroxylation is 2. The summed E-state index contributed by atoms with van der Waals surface area (Å²) in [6.07, 6.45) is 1.35. The number of rotatable bonds is 3. The van der Waals surface area contributed by atoms with Gasteiger partial charge in [-0.25, -0.2) is 4.98 Å². The minimum atomic E-state index is -0.459. The van der Waals surface area contributed by atoms with Gasteiger partial charge in [0.25, 0.3) is 11.5 Å². The van der Waals surface area contributed by atoms with Gasteiger partial charge in [0.15, 0.2) is 4.96 Å². The first-order valence-electron chi connectivity index (χ1n) is 8.48. The molecule has 0 aliphatic carbocycles. The second-order valence-electron chi connectivity index (χ2n) is 6.35. The van der Waals surface area contributed by atoms with E-state index >= 15 is 0 Å². The average Bonchev–Trinajstić information content (AvgIpc) is 3.10. The summed E-state index contributed by atoms with van der Waals surface area (Å²) in [6, 6.07) is 15.3. The van der Waals surface area contributed by atoms with Crippen molar-refractivity contribution >= 4 is 27.9 Å². The van der Waals surface area contributed by atoms with Crippen LogP contribution >= 0.6 is 11.3 Å².